The van der Waals surface area contributed by atoms with Gasteiger partial charge in [-0.3, -0.25) is 14.5 Å². The van der Waals surface area contributed by atoms with Crippen molar-refractivity contribution >= 4 is 28.6 Å². The molecule has 3 aromatic rings. The zero-order valence-electron chi connectivity index (χ0n) is 18.3. The molecule has 4 rings (SSSR count). The molecule has 1 aliphatic heterocycles. The highest BCUT2D eigenvalue weighted by Gasteiger charge is 2.49. The second-order valence-electron chi connectivity index (χ2n) is 8.14. The second-order valence-corrected chi connectivity index (χ2v) is 8.14. The summed E-state index contributed by atoms with van der Waals surface area (Å²) in [6, 6.07) is 18.4. The number of aryl methyl sites for hydroxylation is 1. The van der Waals surface area contributed by atoms with Crippen LogP contribution in [0.2, 0.25) is 0 Å². The summed E-state index contributed by atoms with van der Waals surface area (Å²) in [6.45, 7) is 3.64. The van der Waals surface area contributed by atoms with Gasteiger partial charge in [0.1, 0.15) is 17.8 Å². The number of carbonyl (C=O) groups excluding carboxylic acids is 3. The van der Waals surface area contributed by atoms with Crippen molar-refractivity contribution in [2.75, 3.05) is 13.7 Å². The summed E-state index contributed by atoms with van der Waals surface area (Å²) in [7, 11) is 1.61. The minimum atomic E-state index is -1.25. The van der Waals surface area contributed by atoms with Gasteiger partial charge >= 0.3 is 6.03 Å². The van der Waals surface area contributed by atoms with Crippen molar-refractivity contribution in [2.45, 2.75) is 25.9 Å². The maximum absolute atomic E-state index is 13.2. The molecule has 1 fully saturated rings. The standard InChI is InChI=1S/C25H25N3O4/c1-16-4-6-17(7-5-16)14-26-22(29)15-28-23(30)25(2,27-24(28)31)20-10-8-19-13-21(32-3)11-9-18(19)12-20/h4-13H,14-15H2,1-3H3,(H,26,29)(H,27,31)/t25-/m1/s1. The second kappa shape index (κ2) is 8.34. The summed E-state index contributed by atoms with van der Waals surface area (Å²) in [5, 5.41) is 7.39. The molecule has 164 valence electrons. The molecule has 3 aromatic carbocycles. The number of methoxy groups -OCH3 is 1. The smallest absolute Gasteiger partial charge is 0.325 e. The van der Waals surface area contributed by atoms with Crippen LogP contribution in [0.3, 0.4) is 0 Å². The van der Waals surface area contributed by atoms with Gasteiger partial charge < -0.3 is 15.4 Å². The number of ether oxygens (including phenoxy) is 1. The fraction of sp³-hybridized carbons (Fsp3) is 0.240. The van der Waals surface area contributed by atoms with Gasteiger partial charge in [-0.05, 0) is 53.9 Å². The van der Waals surface area contributed by atoms with Crippen molar-refractivity contribution in [3.05, 3.63) is 77.4 Å². The molecule has 0 aliphatic carbocycles. The molecule has 0 aromatic heterocycles. The molecule has 1 saturated heterocycles. The number of urea groups is 1. The van der Waals surface area contributed by atoms with Gasteiger partial charge in [-0.2, -0.15) is 0 Å². The number of imide groups is 1. The van der Waals surface area contributed by atoms with E-state index < -0.39 is 23.4 Å². The number of carbonyl (C=O) groups is 3. The van der Waals surface area contributed by atoms with E-state index in [-0.39, 0.29) is 6.54 Å². The van der Waals surface area contributed by atoms with Gasteiger partial charge in [0.15, 0.2) is 0 Å². The van der Waals surface area contributed by atoms with E-state index in [1.165, 1.54) is 0 Å². The lowest BCUT2D eigenvalue weighted by Gasteiger charge is -2.22. The molecule has 1 atom stereocenters. The van der Waals surface area contributed by atoms with Gasteiger partial charge in [-0.15, -0.1) is 0 Å². The van der Waals surface area contributed by atoms with Crippen LogP contribution in [-0.2, 0) is 21.7 Å². The van der Waals surface area contributed by atoms with Gasteiger partial charge in [0.25, 0.3) is 5.91 Å². The molecule has 4 amide bonds. The lowest BCUT2D eigenvalue weighted by molar-refractivity contribution is -0.134. The molecule has 7 nitrogen and oxygen atoms in total. The lowest BCUT2D eigenvalue weighted by Crippen LogP contribution is -2.43. The van der Waals surface area contributed by atoms with E-state index in [0.29, 0.717) is 12.1 Å². The number of hydrogen-bond donors (Lipinski definition) is 2. The van der Waals surface area contributed by atoms with E-state index >= 15 is 0 Å². The van der Waals surface area contributed by atoms with Crippen LogP contribution < -0.4 is 15.4 Å². The summed E-state index contributed by atoms with van der Waals surface area (Å²) in [4.78, 5) is 39.1. The molecule has 1 heterocycles. The van der Waals surface area contributed by atoms with Crippen LogP contribution in [0.1, 0.15) is 23.6 Å². The van der Waals surface area contributed by atoms with Gasteiger partial charge in [0.2, 0.25) is 5.91 Å². The highest BCUT2D eigenvalue weighted by Crippen LogP contribution is 2.31. The molecule has 32 heavy (non-hydrogen) atoms. The number of amides is 4. The molecule has 7 heteroatoms. The van der Waals surface area contributed by atoms with E-state index in [0.717, 1.165) is 32.5 Å². The van der Waals surface area contributed by atoms with Gasteiger partial charge in [-0.1, -0.05) is 48.0 Å². The average molecular weight is 431 g/mol. The molecule has 0 radical (unpaired) electrons. The van der Waals surface area contributed by atoms with Crippen LogP contribution in [0.4, 0.5) is 4.79 Å². The number of fused-ring (bicyclic) bond motifs is 1. The quantitative estimate of drug-likeness (QED) is 0.587. The zero-order valence-corrected chi connectivity index (χ0v) is 18.3. The summed E-state index contributed by atoms with van der Waals surface area (Å²) >= 11 is 0. The van der Waals surface area contributed by atoms with Crippen LogP contribution in [0.15, 0.2) is 60.7 Å². The molecule has 2 N–H and O–H groups in total. The van der Waals surface area contributed by atoms with Gasteiger partial charge in [-0.25, -0.2) is 4.79 Å². The van der Waals surface area contributed by atoms with Crippen molar-refractivity contribution in [2.24, 2.45) is 0 Å². The van der Waals surface area contributed by atoms with Crippen LogP contribution >= 0.6 is 0 Å². The first-order valence-electron chi connectivity index (χ1n) is 10.3. The number of nitrogens with one attached hydrogen (secondary N) is 2. The fourth-order valence-corrected chi connectivity index (χ4v) is 3.80. The Morgan fingerprint density at radius 2 is 1.72 bits per heavy atom. The maximum atomic E-state index is 13.2. The summed E-state index contributed by atoms with van der Waals surface area (Å²) in [6.07, 6.45) is 0. The van der Waals surface area contributed by atoms with Gasteiger partial charge in [0, 0.05) is 6.54 Å². The number of nitrogens with zero attached hydrogens (tertiary/aromatic N) is 1. The van der Waals surface area contributed by atoms with Gasteiger partial charge in [0.05, 0.1) is 7.11 Å². The van der Waals surface area contributed by atoms with Crippen LogP contribution in [-0.4, -0.2) is 36.4 Å². The summed E-state index contributed by atoms with van der Waals surface area (Å²) in [5.74, 6) is -0.116. The molecule has 0 spiro atoms. The van der Waals surface area contributed by atoms with Crippen LogP contribution in [0.5, 0.6) is 5.75 Å². The third-order valence-corrected chi connectivity index (χ3v) is 5.81. The predicted molar refractivity (Wildman–Crippen MR) is 121 cm³/mol. The lowest BCUT2D eigenvalue weighted by atomic mass is 9.90. The highest BCUT2D eigenvalue weighted by atomic mass is 16.5. The Hall–Kier alpha value is -3.87. The molecular formula is C25H25N3O4. The number of benzene rings is 3. The largest absolute Gasteiger partial charge is 0.497 e. The molecular weight excluding hydrogens is 406 g/mol. The number of hydrogen-bond acceptors (Lipinski definition) is 4. The minimum Gasteiger partial charge on any atom is -0.497 e. The molecule has 0 saturated carbocycles. The average Bonchev–Trinajstić information content (AvgIpc) is 3.01. The normalized spacial score (nSPS) is 18.0. The van der Waals surface area contributed by atoms with E-state index in [1.807, 2.05) is 61.5 Å². The first kappa shape index (κ1) is 21.4. The van der Waals surface area contributed by atoms with Crippen molar-refractivity contribution in [1.29, 1.82) is 0 Å². The summed E-state index contributed by atoms with van der Waals surface area (Å²) in [5.41, 5.74) is 1.48. The Labute approximate surface area is 186 Å². The first-order chi connectivity index (χ1) is 15.3. The third-order valence-electron chi connectivity index (χ3n) is 5.81. The fourth-order valence-electron chi connectivity index (χ4n) is 3.80. The SMILES string of the molecule is COc1ccc2cc([C@@]3(C)NC(=O)N(CC(=O)NCc4ccc(C)cc4)C3=O)ccc2c1. The molecule has 1 aliphatic rings. The Kier molecular flexibility index (Phi) is 5.57. The zero-order chi connectivity index (χ0) is 22.9. The Balaban J connectivity index is 1.48. The van der Waals surface area contributed by atoms with Crippen molar-refractivity contribution < 1.29 is 19.1 Å². The van der Waals surface area contributed by atoms with Crippen LogP contribution in [0, 0.1) is 6.92 Å². The Morgan fingerprint density at radius 3 is 2.44 bits per heavy atom. The van der Waals surface area contributed by atoms with Crippen LogP contribution in [0.25, 0.3) is 10.8 Å². The monoisotopic (exact) mass is 431 g/mol. The third kappa shape index (κ3) is 4.01. The topological polar surface area (TPSA) is 87.7 Å². The molecule has 0 bridgehead atoms. The maximum Gasteiger partial charge on any atom is 0.325 e. The Bertz CT molecular complexity index is 1210. The van der Waals surface area contributed by atoms with E-state index in [9.17, 15) is 14.4 Å². The Morgan fingerprint density at radius 1 is 1.03 bits per heavy atom. The minimum absolute atomic E-state index is 0.328. The van der Waals surface area contributed by atoms with Crippen molar-refractivity contribution in [3.63, 3.8) is 0 Å². The van der Waals surface area contributed by atoms with Crippen molar-refractivity contribution in [1.82, 2.24) is 15.5 Å². The van der Waals surface area contributed by atoms with E-state index in [1.54, 1.807) is 20.1 Å². The van der Waals surface area contributed by atoms with Crippen molar-refractivity contribution in [3.8, 4) is 5.75 Å². The predicted octanol–water partition coefficient (Wildman–Crippen LogP) is 3.24. The molecule has 0 unspecified atom stereocenters. The summed E-state index contributed by atoms with van der Waals surface area (Å²) < 4.78 is 5.25. The highest BCUT2D eigenvalue weighted by molar-refractivity contribution is 6.09. The van der Waals surface area contributed by atoms with E-state index in [2.05, 4.69) is 10.6 Å². The number of rotatable bonds is 6. The van der Waals surface area contributed by atoms with E-state index in [4.69, 9.17) is 4.74 Å². The first-order valence-corrected chi connectivity index (χ1v) is 10.3.